The summed E-state index contributed by atoms with van der Waals surface area (Å²) >= 11 is 10.5. The molecule has 1 unspecified atom stereocenters. The van der Waals surface area contributed by atoms with E-state index in [1.807, 2.05) is 24.3 Å². The van der Waals surface area contributed by atoms with Gasteiger partial charge in [-0.3, -0.25) is 0 Å². The van der Waals surface area contributed by atoms with Crippen molar-refractivity contribution in [2.75, 3.05) is 12.4 Å². The van der Waals surface area contributed by atoms with Crippen molar-refractivity contribution >= 4 is 53.5 Å². The molecule has 0 aliphatic carbocycles. The van der Waals surface area contributed by atoms with Crippen LogP contribution in [0.4, 0.5) is 5.69 Å². The first-order chi connectivity index (χ1) is 9.51. The van der Waals surface area contributed by atoms with Crippen molar-refractivity contribution in [3.8, 4) is 5.75 Å². The summed E-state index contributed by atoms with van der Waals surface area (Å²) in [6.07, 6.45) is 0. The average Bonchev–Trinajstić information content (AvgIpc) is 2.42. The van der Waals surface area contributed by atoms with E-state index in [2.05, 4.69) is 72.2 Å². The van der Waals surface area contributed by atoms with Gasteiger partial charge in [-0.05, 0) is 62.5 Å². The summed E-state index contributed by atoms with van der Waals surface area (Å²) in [5, 5.41) is 3.48. The van der Waals surface area contributed by atoms with E-state index >= 15 is 0 Å². The third-order valence-electron chi connectivity index (χ3n) is 2.98. The molecule has 20 heavy (non-hydrogen) atoms. The Morgan fingerprint density at radius 2 is 1.65 bits per heavy atom. The van der Waals surface area contributed by atoms with E-state index in [-0.39, 0.29) is 6.04 Å². The standard InChI is InChI=1S/C15H14Br3NO/c1-9(10-3-5-11(16)6-4-10)19-14-8-15(20-2)13(18)7-12(14)17/h3-9,19H,1-2H3. The lowest BCUT2D eigenvalue weighted by molar-refractivity contribution is 0.412. The minimum atomic E-state index is 0.199. The number of benzene rings is 2. The zero-order chi connectivity index (χ0) is 14.7. The number of anilines is 1. The molecule has 5 heteroatoms. The zero-order valence-corrected chi connectivity index (χ0v) is 15.8. The molecule has 0 aliphatic heterocycles. The van der Waals surface area contributed by atoms with E-state index in [1.54, 1.807) is 7.11 Å². The fourth-order valence-corrected chi connectivity index (χ4v) is 3.40. The highest BCUT2D eigenvalue weighted by atomic mass is 79.9. The van der Waals surface area contributed by atoms with Crippen molar-refractivity contribution in [3.63, 3.8) is 0 Å². The van der Waals surface area contributed by atoms with E-state index in [1.165, 1.54) is 5.56 Å². The maximum absolute atomic E-state index is 5.33. The molecule has 0 saturated carbocycles. The number of methoxy groups -OCH3 is 1. The molecule has 0 aromatic heterocycles. The topological polar surface area (TPSA) is 21.3 Å². The molecule has 0 heterocycles. The second-order valence-corrected chi connectivity index (χ2v) is 7.01. The highest BCUT2D eigenvalue weighted by Crippen LogP contribution is 2.36. The quantitative estimate of drug-likeness (QED) is 0.586. The molecule has 106 valence electrons. The Bertz CT molecular complexity index is 599. The normalized spacial score (nSPS) is 12.1. The summed E-state index contributed by atoms with van der Waals surface area (Å²) in [4.78, 5) is 0. The van der Waals surface area contributed by atoms with E-state index in [9.17, 15) is 0 Å². The van der Waals surface area contributed by atoms with Crippen LogP contribution in [0.25, 0.3) is 0 Å². The molecular weight excluding hydrogens is 450 g/mol. The summed E-state index contributed by atoms with van der Waals surface area (Å²) in [6, 6.07) is 12.5. The maximum Gasteiger partial charge on any atom is 0.135 e. The molecule has 0 radical (unpaired) electrons. The van der Waals surface area contributed by atoms with Crippen LogP contribution < -0.4 is 10.1 Å². The molecule has 2 aromatic carbocycles. The van der Waals surface area contributed by atoms with Crippen LogP contribution >= 0.6 is 47.8 Å². The van der Waals surface area contributed by atoms with Crippen molar-refractivity contribution in [1.82, 2.24) is 0 Å². The second kappa shape index (κ2) is 6.96. The zero-order valence-electron chi connectivity index (χ0n) is 11.1. The van der Waals surface area contributed by atoms with Gasteiger partial charge in [0.2, 0.25) is 0 Å². The van der Waals surface area contributed by atoms with Gasteiger partial charge in [0.15, 0.2) is 0 Å². The van der Waals surface area contributed by atoms with Gasteiger partial charge in [-0.1, -0.05) is 28.1 Å². The molecule has 0 fully saturated rings. The number of nitrogens with one attached hydrogen (secondary N) is 1. The van der Waals surface area contributed by atoms with Gasteiger partial charge in [0.25, 0.3) is 0 Å². The largest absolute Gasteiger partial charge is 0.495 e. The van der Waals surface area contributed by atoms with Crippen LogP contribution in [0.5, 0.6) is 5.75 Å². The van der Waals surface area contributed by atoms with Crippen LogP contribution in [-0.4, -0.2) is 7.11 Å². The SMILES string of the molecule is COc1cc(NC(C)c2ccc(Br)cc2)c(Br)cc1Br. The fourth-order valence-electron chi connectivity index (χ4n) is 1.86. The van der Waals surface area contributed by atoms with Crippen LogP contribution in [0, 0.1) is 0 Å². The second-order valence-electron chi connectivity index (χ2n) is 4.38. The third-order valence-corrected chi connectivity index (χ3v) is 4.79. The average molecular weight is 464 g/mol. The van der Waals surface area contributed by atoms with Gasteiger partial charge < -0.3 is 10.1 Å². The van der Waals surface area contributed by atoms with Crippen LogP contribution in [-0.2, 0) is 0 Å². The first-order valence-electron chi connectivity index (χ1n) is 6.06. The van der Waals surface area contributed by atoms with Crippen LogP contribution in [0.3, 0.4) is 0 Å². The Morgan fingerprint density at radius 1 is 1.00 bits per heavy atom. The summed E-state index contributed by atoms with van der Waals surface area (Å²) in [6.45, 7) is 2.13. The molecule has 1 atom stereocenters. The van der Waals surface area contributed by atoms with Gasteiger partial charge in [0.1, 0.15) is 5.75 Å². The lowest BCUT2D eigenvalue weighted by Gasteiger charge is -2.18. The molecule has 0 aliphatic rings. The van der Waals surface area contributed by atoms with Crippen LogP contribution in [0.15, 0.2) is 49.8 Å². The summed E-state index contributed by atoms with van der Waals surface area (Å²) in [7, 11) is 1.66. The van der Waals surface area contributed by atoms with Gasteiger partial charge in [-0.2, -0.15) is 0 Å². The molecule has 0 saturated heterocycles. The molecular formula is C15H14Br3NO. The lowest BCUT2D eigenvalue weighted by Crippen LogP contribution is -2.07. The number of hydrogen-bond acceptors (Lipinski definition) is 2. The van der Waals surface area contributed by atoms with Gasteiger partial charge in [0, 0.05) is 21.1 Å². The minimum absolute atomic E-state index is 0.199. The molecule has 0 bridgehead atoms. The predicted molar refractivity (Wildman–Crippen MR) is 94.6 cm³/mol. The van der Waals surface area contributed by atoms with E-state index in [4.69, 9.17) is 4.74 Å². The third kappa shape index (κ3) is 3.77. The number of rotatable bonds is 4. The molecule has 2 nitrogen and oxygen atoms in total. The van der Waals surface area contributed by atoms with Crippen molar-refractivity contribution < 1.29 is 4.74 Å². The molecule has 2 rings (SSSR count). The minimum Gasteiger partial charge on any atom is -0.495 e. The molecule has 1 N–H and O–H groups in total. The van der Waals surface area contributed by atoms with Crippen molar-refractivity contribution in [3.05, 3.63) is 55.4 Å². The predicted octanol–water partition coefficient (Wildman–Crippen LogP) is 6.16. The first-order valence-corrected chi connectivity index (χ1v) is 8.44. The number of hydrogen-bond donors (Lipinski definition) is 1. The Kier molecular flexibility index (Phi) is 5.52. The fraction of sp³-hybridized carbons (Fsp3) is 0.200. The number of halogens is 3. The Labute approximate surface area is 144 Å². The van der Waals surface area contributed by atoms with Gasteiger partial charge in [-0.25, -0.2) is 0 Å². The Morgan fingerprint density at radius 3 is 2.25 bits per heavy atom. The number of ether oxygens (including phenoxy) is 1. The Hall–Kier alpha value is -0.520. The van der Waals surface area contributed by atoms with Crippen LogP contribution in [0.2, 0.25) is 0 Å². The first kappa shape index (κ1) is 15.9. The maximum atomic E-state index is 5.33. The monoisotopic (exact) mass is 461 g/mol. The summed E-state index contributed by atoms with van der Waals surface area (Å²) in [5.41, 5.74) is 2.22. The highest BCUT2D eigenvalue weighted by molar-refractivity contribution is 9.11. The van der Waals surface area contributed by atoms with Crippen molar-refractivity contribution in [2.24, 2.45) is 0 Å². The van der Waals surface area contributed by atoms with E-state index in [0.29, 0.717) is 0 Å². The molecule has 0 amide bonds. The molecule has 0 spiro atoms. The van der Waals surface area contributed by atoms with Crippen LogP contribution in [0.1, 0.15) is 18.5 Å². The highest BCUT2D eigenvalue weighted by Gasteiger charge is 2.11. The Balaban J connectivity index is 2.23. The van der Waals surface area contributed by atoms with Crippen molar-refractivity contribution in [1.29, 1.82) is 0 Å². The van der Waals surface area contributed by atoms with Gasteiger partial charge >= 0.3 is 0 Å². The van der Waals surface area contributed by atoms with Gasteiger partial charge in [-0.15, -0.1) is 0 Å². The lowest BCUT2D eigenvalue weighted by atomic mass is 10.1. The summed E-state index contributed by atoms with van der Waals surface area (Å²) < 4.78 is 8.33. The van der Waals surface area contributed by atoms with Gasteiger partial charge in [0.05, 0.1) is 17.3 Å². The molecule has 2 aromatic rings. The van der Waals surface area contributed by atoms with E-state index < -0.39 is 0 Å². The summed E-state index contributed by atoms with van der Waals surface area (Å²) in [5.74, 6) is 0.804. The van der Waals surface area contributed by atoms with Crippen molar-refractivity contribution in [2.45, 2.75) is 13.0 Å². The smallest absolute Gasteiger partial charge is 0.135 e. The van der Waals surface area contributed by atoms with E-state index in [0.717, 1.165) is 24.9 Å².